The first kappa shape index (κ1) is 16.1. The quantitative estimate of drug-likeness (QED) is 0.566. The second-order valence-corrected chi connectivity index (χ2v) is 6.76. The summed E-state index contributed by atoms with van der Waals surface area (Å²) in [4.78, 5) is 18.6. The summed E-state index contributed by atoms with van der Waals surface area (Å²) in [6.07, 6.45) is 10.6. The molecule has 0 aliphatic carbocycles. The van der Waals surface area contributed by atoms with E-state index in [1.54, 1.807) is 23.0 Å². The third kappa shape index (κ3) is 2.98. The summed E-state index contributed by atoms with van der Waals surface area (Å²) < 4.78 is 7.60. The highest BCUT2D eigenvalue weighted by molar-refractivity contribution is 7.16. The number of hydrogen-bond donors (Lipinski definition) is 1. The largest absolute Gasteiger partial charge is 0.406 e. The van der Waals surface area contributed by atoms with Gasteiger partial charge in [-0.2, -0.15) is 5.10 Å². The second-order valence-electron chi connectivity index (χ2n) is 5.75. The molecule has 0 saturated carbocycles. The number of aromatic amines is 1. The van der Waals surface area contributed by atoms with Crippen molar-refractivity contribution < 1.29 is 4.74 Å². The number of nitrogens with zero attached hydrogens (tertiary/aromatic N) is 3. The molecule has 3 aromatic heterocycles. The highest BCUT2D eigenvalue weighted by Crippen LogP contribution is 2.27. The molecule has 128 valence electrons. The van der Waals surface area contributed by atoms with Crippen LogP contribution in [0.3, 0.4) is 0 Å². The van der Waals surface area contributed by atoms with Crippen molar-refractivity contribution in [2.24, 2.45) is 0 Å². The first-order valence-electron chi connectivity index (χ1n) is 7.91. The Balaban J connectivity index is 1.61. The molecule has 7 heteroatoms. The fourth-order valence-electron chi connectivity index (χ4n) is 2.74. The molecule has 1 atom stereocenters. The van der Waals surface area contributed by atoms with E-state index in [4.69, 9.17) is 11.2 Å². The number of aromatic nitrogens is 4. The van der Waals surface area contributed by atoms with E-state index in [0.717, 1.165) is 21.5 Å². The van der Waals surface area contributed by atoms with Crippen molar-refractivity contribution in [2.45, 2.75) is 12.8 Å². The molecule has 6 nitrogen and oxygen atoms in total. The predicted octanol–water partition coefficient (Wildman–Crippen LogP) is 3.29. The highest BCUT2D eigenvalue weighted by atomic mass is 32.1. The van der Waals surface area contributed by atoms with Crippen LogP contribution in [0.5, 0.6) is 5.75 Å². The highest BCUT2D eigenvalue weighted by Gasteiger charge is 2.14. The summed E-state index contributed by atoms with van der Waals surface area (Å²) in [6.45, 7) is 2.08. The lowest BCUT2D eigenvalue weighted by Crippen LogP contribution is -2.02. The first-order chi connectivity index (χ1) is 12.6. The fraction of sp³-hybridized carbons (Fsp3) is 0.105. The number of rotatable bonds is 4. The van der Waals surface area contributed by atoms with E-state index < -0.39 is 0 Å². The van der Waals surface area contributed by atoms with Crippen LogP contribution in [0, 0.1) is 12.5 Å². The van der Waals surface area contributed by atoms with Gasteiger partial charge in [-0.25, -0.2) is 9.67 Å². The topological polar surface area (TPSA) is 72.8 Å². The molecule has 4 aromatic rings. The molecule has 0 bridgehead atoms. The monoisotopic (exact) mass is 362 g/mol. The Morgan fingerprint density at radius 1 is 1.31 bits per heavy atom. The van der Waals surface area contributed by atoms with Gasteiger partial charge in [0.2, 0.25) is 0 Å². The molecule has 3 heterocycles. The van der Waals surface area contributed by atoms with E-state index >= 15 is 0 Å². The van der Waals surface area contributed by atoms with Gasteiger partial charge in [0.1, 0.15) is 6.11 Å². The van der Waals surface area contributed by atoms with Gasteiger partial charge in [0.25, 0.3) is 0 Å². The lowest BCUT2D eigenvalue weighted by Gasteiger charge is -2.09. The molecule has 0 spiro atoms. The standard InChI is InChI=1S/C19H14N4O2S/c1-3-25-14-5-7-18(20-11-14)23-9-8-15(22-23)12(2)13-4-6-16-17(10-13)26-19(24)21-16/h1,4-12H,2H3,(H,21,24)/t12-/m0/s1. The van der Waals surface area contributed by atoms with Crippen molar-refractivity contribution >= 4 is 21.6 Å². The zero-order chi connectivity index (χ0) is 18.1. The summed E-state index contributed by atoms with van der Waals surface area (Å²) in [5, 5.41) is 4.62. The number of H-pyrrole nitrogens is 1. The van der Waals surface area contributed by atoms with Crippen LogP contribution in [0.4, 0.5) is 0 Å². The van der Waals surface area contributed by atoms with Crippen molar-refractivity contribution in [3.63, 3.8) is 0 Å². The summed E-state index contributed by atoms with van der Waals surface area (Å²) in [5.41, 5.74) is 2.88. The summed E-state index contributed by atoms with van der Waals surface area (Å²) in [7, 11) is 0. The number of ether oxygens (including phenoxy) is 1. The Labute approximate surface area is 153 Å². The third-order valence-electron chi connectivity index (χ3n) is 4.13. The van der Waals surface area contributed by atoms with Gasteiger partial charge in [0.15, 0.2) is 11.6 Å². The Morgan fingerprint density at radius 2 is 2.19 bits per heavy atom. The zero-order valence-corrected chi connectivity index (χ0v) is 14.7. The van der Waals surface area contributed by atoms with Gasteiger partial charge < -0.3 is 9.72 Å². The molecule has 0 aliphatic rings. The van der Waals surface area contributed by atoms with Gasteiger partial charge in [-0.3, -0.25) is 4.79 Å². The zero-order valence-electron chi connectivity index (χ0n) is 13.8. The maximum absolute atomic E-state index is 11.5. The molecular weight excluding hydrogens is 348 g/mol. The van der Waals surface area contributed by atoms with Gasteiger partial charge >= 0.3 is 4.87 Å². The summed E-state index contributed by atoms with van der Waals surface area (Å²) >= 11 is 1.21. The number of nitrogens with one attached hydrogen (secondary N) is 1. The minimum Gasteiger partial charge on any atom is -0.406 e. The Kier molecular flexibility index (Phi) is 4.03. The van der Waals surface area contributed by atoms with Gasteiger partial charge in [-0.05, 0) is 35.9 Å². The summed E-state index contributed by atoms with van der Waals surface area (Å²) in [6, 6.07) is 11.5. The normalized spacial score (nSPS) is 12.0. The van der Waals surface area contributed by atoms with Crippen molar-refractivity contribution in [3.05, 3.63) is 69.7 Å². The van der Waals surface area contributed by atoms with E-state index in [2.05, 4.69) is 28.1 Å². The van der Waals surface area contributed by atoms with Crippen LogP contribution in [0.25, 0.3) is 16.0 Å². The molecule has 26 heavy (non-hydrogen) atoms. The van der Waals surface area contributed by atoms with Crippen LogP contribution in [-0.2, 0) is 0 Å². The SMILES string of the molecule is C#COc1ccc(-n2ccc([C@@H](C)c3ccc4[nH]c(=O)sc4c3)n2)nc1. The Bertz CT molecular complexity index is 1160. The molecule has 0 fully saturated rings. The minimum absolute atomic E-state index is 0.0441. The molecule has 0 aliphatic heterocycles. The van der Waals surface area contributed by atoms with E-state index in [9.17, 15) is 4.79 Å². The van der Waals surface area contributed by atoms with E-state index in [1.165, 1.54) is 11.3 Å². The van der Waals surface area contributed by atoms with E-state index in [0.29, 0.717) is 11.6 Å². The molecule has 1 aromatic carbocycles. The average Bonchev–Trinajstić information content (AvgIpc) is 3.27. The molecule has 0 amide bonds. The van der Waals surface area contributed by atoms with Crippen LogP contribution < -0.4 is 9.61 Å². The van der Waals surface area contributed by atoms with Crippen molar-refractivity contribution in [1.82, 2.24) is 19.7 Å². The van der Waals surface area contributed by atoms with E-state index in [-0.39, 0.29) is 10.8 Å². The number of hydrogen-bond acceptors (Lipinski definition) is 5. The molecule has 0 unspecified atom stereocenters. The van der Waals surface area contributed by atoms with Gasteiger partial charge in [0, 0.05) is 12.1 Å². The van der Waals surface area contributed by atoms with Gasteiger partial charge in [-0.15, -0.1) is 0 Å². The average molecular weight is 362 g/mol. The third-order valence-corrected chi connectivity index (χ3v) is 4.98. The number of benzene rings is 1. The smallest absolute Gasteiger partial charge is 0.305 e. The van der Waals surface area contributed by atoms with Gasteiger partial charge in [-0.1, -0.05) is 30.8 Å². The number of thiazole rings is 1. The molecular formula is C19H14N4O2S. The fourth-order valence-corrected chi connectivity index (χ4v) is 3.52. The van der Waals surface area contributed by atoms with Crippen molar-refractivity contribution in [3.8, 4) is 24.1 Å². The lowest BCUT2D eigenvalue weighted by molar-refractivity contribution is 0.517. The lowest BCUT2D eigenvalue weighted by atomic mass is 9.98. The van der Waals surface area contributed by atoms with Crippen LogP contribution in [0.1, 0.15) is 24.1 Å². The van der Waals surface area contributed by atoms with Crippen LogP contribution >= 0.6 is 11.3 Å². The van der Waals surface area contributed by atoms with Crippen LogP contribution in [0.15, 0.2) is 53.6 Å². The molecule has 0 saturated heterocycles. The van der Waals surface area contributed by atoms with Gasteiger partial charge in [0.05, 0.1) is 22.1 Å². The second kappa shape index (κ2) is 6.50. The summed E-state index contributed by atoms with van der Waals surface area (Å²) in [5.74, 6) is 1.27. The van der Waals surface area contributed by atoms with Crippen molar-refractivity contribution in [1.29, 1.82) is 0 Å². The Hall–Kier alpha value is -3.37. The predicted molar refractivity (Wildman–Crippen MR) is 101 cm³/mol. The molecule has 4 rings (SSSR count). The molecule has 1 N–H and O–H groups in total. The minimum atomic E-state index is -0.0441. The number of terminal acetylenes is 1. The van der Waals surface area contributed by atoms with E-state index in [1.807, 2.05) is 30.5 Å². The van der Waals surface area contributed by atoms with Crippen LogP contribution in [0.2, 0.25) is 0 Å². The maximum Gasteiger partial charge on any atom is 0.305 e. The Morgan fingerprint density at radius 3 is 2.96 bits per heavy atom. The maximum atomic E-state index is 11.5. The van der Waals surface area contributed by atoms with Crippen molar-refractivity contribution in [2.75, 3.05) is 0 Å². The number of fused-ring (bicyclic) bond motifs is 1. The number of pyridine rings is 1. The van der Waals surface area contributed by atoms with Crippen LogP contribution in [-0.4, -0.2) is 19.7 Å². The first-order valence-corrected chi connectivity index (χ1v) is 8.73. The molecule has 0 radical (unpaired) electrons.